The Morgan fingerprint density at radius 1 is 1.40 bits per heavy atom. The van der Waals surface area contributed by atoms with Gasteiger partial charge in [0.1, 0.15) is 6.33 Å². The minimum absolute atomic E-state index is 0.256. The summed E-state index contributed by atoms with van der Waals surface area (Å²) in [5, 5.41) is 3.40. The minimum Gasteiger partial charge on any atom is -0.481 e. The summed E-state index contributed by atoms with van der Waals surface area (Å²) in [6.45, 7) is 7.35. The zero-order valence-electron chi connectivity index (χ0n) is 9.82. The first-order valence-electron chi connectivity index (χ1n) is 5.28. The summed E-state index contributed by atoms with van der Waals surface area (Å²) in [7, 11) is 1.61. The summed E-state index contributed by atoms with van der Waals surface area (Å²) in [6, 6.07) is 2.14. The number of aromatic nitrogens is 2. The molecular weight excluding hydrogens is 190 g/mol. The molecule has 0 spiro atoms. The van der Waals surface area contributed by atoms with E-state index in [0.29, 0.717) is 11.8 Å². The molecule has 0 amide bonds. The molecule has 1 aromatic heterocycles. The predicted octanol–water partition coefficient (Wildman–Crippen LogP) is 1.79. The molecule has 0 aliphatic heterocycles. The van der Waals surface area contributed by atoms with Gasteiger partial charge in [-0.25, -0.2) is 9.97 Å². The van der Waals surface area contributed by atoms with Crippen LogP contribution < -0.4 is 10.1 Å². The predicted molar refractivity (Wildman–Crippen MR) is 59.8 cm³/mol. The average molecular weight is 209 g/mol. The first-order valence-corrected chi connectivity index (χ1v) is 5.28. The van der Waals surface area contributed by atoms with Gasteiger partial charge in [0.2, 0.25) is 5.88 Å². The summed E-state index contributed by atoms with van der Waals surface area (Å²) in [5.41, 5.74) is 0.985. The number of ether oxygens (including phenoxy) is 1. The van der Waals surface area contributed by atoms with Crippen molar-refractivity contribution in [1.82, 2.24) is 15.3 Å². The Labute approximate surface area is 91.1 Å². The normalized spacial score (nSPS) is 12.9. The molecule has 1 atom stereocenters. The number of rotatable bonds is 5. The van der Waals surface area contributed by atoms with Gasteiger partial charge in [0, 0.05) is 6.07 Å². The molecule has 1 heterocycles. The highest BCUT2D eigenvalue weighted by Crippen LogP contribution is 2.21. The molecule has 1 N–H and O–H groups in total. The monoisotopic (exact) mass is 209 g/mol. The molecule has 15 heavy (non-hydrogen) atoms. The van der Waals surface area contributed by atoms with E-state index >= 15 is 0 Å². The molecule has 0 radical (unpaired) electrons. The van der Waals surface area contributed by atoms with Crippen molar-refractivity contribution in [2.24, 2.45) is 5.92 Å². The second-order valence-electron chi connectivity index (χ2n) is 3.76. The fourth-order valence-corrected chi connectivity index (χ4v) is 1.54. The highest BCUT2D eigenvalue weighted by Gasteiger charge is 2.16. The third-order valence-corrected chi connectivity index (χ3v) is 2.28. The van der Waals surface area contributed by atoms with Crippen LogP contribution in [0.1, 0.15) is 32.5 Å². The Morgan fingerprint density at radius 2 is 2.13 bits per heavy atom. The van der Waals surface area contributed by atoms with E-state index in [1.807, 2.05) is 6.07 Å². The van der Waals surface area contributed by atoms with E-state index in [1.54, 1.807) is 13.4 Å². The Balaban J connectivity index is 2.89. The van der Waals surface area contributed by atoms with Crippen LogP contribution in [-0.4, -0.2) is 23.6 Å². The molecule has 4 nitrogen and oxygen atoms in total. The standard InChI is InChI=1S/C11H19N3O/c1-5-12-11(8(2)3)9-6-10(15-4)14-7-13-9/h6-8,11-12H,5H2,1-4H3. The van der Waals surface area contributed by atoms with E-state index in [1.165, 1.54) is 0 Å². The molecule has 0 aliphatic carbocycles. The fraction of sp³-hybridized carbons (Fsp3) is 0.636. The van der Waals surface area contributed by atoms with Crippen LogP contribution in [0.5, 0.6) is 5.88 Å². The molecule has 1 rings (SSSR count). The molecule has 0 aromatic carbocycles. The van der Waals surface area contributed by atoms with Gasteiger partial charge in [-0.05, 0) is 12.5 Å². The van der Waals surface area contributed by atoms with Crippen molar-refractivity contribution in [3.63, 3.8) is 0 Å². The third kappa shape index (κ3) is 3.16. The number of nitrogens with zero attached hydrogens (tertiary/aromatic N) is 2. The first kappa shape index (κ1) is 11.9. The Morgan fingerprint density at radius 3 is 2.67 bits per heavy atom. The van der Waals surface area contributed by atoms with Crippen molar-refractivity contribution >= 4 is 0 Å². The van der Waals surface area contributed by atoms with Crippen LogP contribution in [-0.2, 0) is 0 Å². The lowest BCUT2D eigenvalue weighted by Crippen LogP contribution is -2.26. The summed E-state index contributed by atoms with van der Waals surface area (Å²) in [5.74, 6) is 1.10. The molecule has 1 unspecified atom stereocenters. The maximum absolute atomic E-state index is 5.08. The van der Waals surface area contributed by atoms with Gasteiger partial charge >= 0.3 is 0 Å². The number of hydrogen-bond acceptors (Lipinski definition) is 4. The number of hydrogen-bond donors (Lipinski definition) is 1. The Bertz CT molecular complexity index is 302. The zero-order valence-corrected chi connectivity index (χ0v) is 9.82. The summed E-state index contributed by atoms with van der Waals surface area (Å²) in [6.07, 6.45) is 1.54. The van der Waals surface area contributed by atoms with Gasteiger partial charge in [-0.1, -0.05) is 20.8 Å². The first-order chi connectivity index (χ1) is 7.19. The van der Waals surface area contributed by atoms with E-state index in [-0.39, 0.29) is 6.04 Å². The van der Waals surface area contributed by atoms with Crippen LogP contribution in [0, 0.1) is 5.92 Å². The molecule has 1 aromatic rings. The second-order valence-corrected chi connectivity index (χ2v) is 3.76. The minimum atomic E-state index is 0.256. The van der Waals surface area contributed by atoms with Crippen molar-refractivity contribution in [2.75, 3.05) is 13.7 Å². The van der Waals surface area contributed by atoms with Gasteiger partial charge in [-0.15, -0.1) is 0 Å². The molecule has 4 heteroatoms. The lowest BCUT2D eigenvalue weighted by Gasteiger charge is -2.21. The molecule has 0 aliphatic rings. The lowest BCUT2D eigenvalue weighted by atomic mass is 10.0. The topological polar surface area (TPSA) is 47.0 Å². The van der Waals surface area contributed by atoms with Crippen LogP contribution in [0.25, 0.3) is 0 Å². The number of methoxy groups -OCH3 is 1. The lowest BCUT2D eigenvalue weighted by molar-refractivity contribution is 0.384. The number of nitrogens with one attached hydrogen (secondary N) is 1. The van der Waals surface area contributed by atoms with Crippen molar-refractivity contribution in [1.29, 1.82) is 0 Å². The average Bonchev–Trinajstić information content (AvgIpc) is 2.25. The molecule has 0 saturated carbocycles. The fourth-order valence-electron chi connectivity index (χ4n) is 1.54. The summed E-state index contributed by atoms with van der Waals surface area (Å²) >= 11 is 0. The zero-order chi connectivity index (χ0) is 11.3. The van der Waals surface area contributed by atoms with E-state index in [9.17, 15) is 0 Å². The highest BCUT2D eigenvalue weighted by atomic mass is 16.5. The maximum Gasteiger partial charge on any atom is 0.216 e. The van der Waals surface area contributed by atoms with Gasteiger partial charge in [-0.2, -0.15) is 0 Å². The quantitative estimate of drug-likeness (QED) is 0.803. The Hall–Kier alpha value is -1.16. The SMILES string of the molecule is CCNC(c1cc(OC)ncn1)C(C)C. The van der Waals surface area contributed by atoms with Crippen LogP contribution in [0.2, 0.25) is 0 Å². The van der Waals surface area contributed by atoms with Gasteiger partial charge in [0.05, 0.1) is 18.8 Å². The second kappa shape index (κ2) is 5.66. The largest absolute Gasteiger partial charge is 0.481 e. The van der Waals surface area contributed by atoms with Gasteiger partial charge < -0.3 is 10.1 Å². The van der Waals surface area contributed by atoms with Gasteiger partial charge in [-0.3, -0.25) is 0 Å². The smallest absolute Gasteiger partial charge is 0.216 e. The molecule has 0 fully saturated rings. The molecule has 0 saturated heterocycles. The maximum atomic E-state index is 5.08. The van der Waals surface area contributed by atoms with Crippen molar-refractivity contribution in [3.05, 3.63) is 18.1 Å². The van der Waals surface area contributed by atoms with E-state index in [0.717, 1.165) is 12.2 Å². The van der Waals surface area contributed by atoms with Crippen LogP contribution in [0.15, 0.2) is 12.4 Å². The van der Waals surface area contributed by atoms with Crippen molar-refractivity contribution < 1.29 is 4.74 Å². The molecule has 0 bridgehead atoms. The Kier molecular flexibility index (Phi) is 4.49. The van der Waals surface area contributed by atoms with E-state index < -0.39 is 0 Å². The van der Waals surface area contributed by atoms with Crippen LogP contribution in [0.4, 0.5) is 0 Å². The third-order valence-electron chi connectivity index (χ3n) is 2.28. The summed E-state index contributed by atoms with van der Waals surface area (Å²) in [4.78, 5) is 8.27. The highest BCUT2D eigenvalue weighted by molar-refractivity contribution is 5.16. The van der Waals surface area contributed by atoms with Gasteiger partial charge in [0.15, 0.2) is 0 Å². The molecular formula is C11H19N3O. The van der Waals surface area contributed by atoms with Crippen molar-refractivity contribution in [2.45, 2.75) is 26.8 Å². The van der Waals surface area contributed by atoms with Crippen LogP contribution >= 0.6 is 0 Å². The van der Waals surface area contributed by atoms with Gasteiger partial charge in [0.25, 0.3) is 0 Å². The van der Waals surface area contributed by atoms with E-state index in [2.05, 4.69) is 36.1 Å². The summed E-state index contributed by atoms with van der Waals surface area (Å²) < 4.78 is 5.08. The van der Waals surface area contributed by atoms with E-state index in [4.69, 9.17) is 4.74 Å². The van der Waals surface area contributed by atoms with Crippen molar-refractivity contribution in [3.8, 4) is 5.88 Å². The van der Waals surface area contributed by atoms with Crippen LogP contribution in [0.3, 0.4) is 0 Å². The molecule has 84 valence electrons.